The highest BCUT2D eigenvalue weighted by Gasteiger charge is 2.34. The molecule has 0 bridgehead atoms. The Bertz CT molecular complexity index is 755. The van der Waals surface area contributed by atoms with E-state index < -0.39 is 0 Å². The van der Waals surface area contributed by atoms with Gasteiger partial charge in [-0.2, -0.15) is 0 Å². The van der Waals surface area contributed by atoms with Gasteiger partial charge in [0, 0.05) is 36.4 Å². The minimum Gasteiger partial charge on any atom is -0.397 e. The summed E-state index contributed by atoms with van der Waals surface area (Å²) >= 11 is 0. The molecule has 5 nitrogen and oxygen atoms in total. The maximum absolute atomic E-state index is 12.4. The smallest absolute Gasteiger partial charge is 0.255 e. The van der Waals surface area contributed by atoms with Crippen LogP contribution in [0.15, 0.2) is 48.5 Å². The lowest BCUT2D eigenvalue weighted by atomic mass is 10.1. The molecule has 1 atom stereocenters. The largest absolute Gasteiger partial charge is 0.397 e. The predicted octanol–water partition coefficient (Wildman–Crippen LogP) is 3.81. The molecule has 138 valence electrons. The maximum atomic E-state index is 12.4. The van der Waals surface area contributed by atoms with Gasteiger partial charge in [-0.1, -0.05) is 19.6 Å². The van der Waals surface area contributed by atoms with Crippen molar-refractivity contribution in [2.75, 3.05) is 29.5 Å². The Morgan fingerprint density at radius 1 is 1.04 bits per heavy atom. The molecule has 2 aliphatic rings. The summed E-state index contributed by atoms with van der Waals surface area (Å²) in [5.41, 5.74) is 8.77. The molecule has 5 heteroatoms. The number of para-hydroxylation sites is 2. The molecule has 1 amide bonds. The van der Waals surface area contributed by atoms with Crippen LogP contribution in [0.3, 0.4) is 0 Å². The molecule has 2 aromatic carbocycles. The fourth-order valence-electron chi connectivity index (χ4n) is 3.44. The van der Waals surface area contributed by atoms with Crippen molar-refractivity contribution in [3.05, 3.63) is 54.1 Å². The van der Waals surface area contributed by atoms with Crippen LogP contribution >= 0.6 is 0 Å². The van der Waals surface area contributed by atoms with E-state index in [9.17, 15) is 4.79 Å². The van der Waals surface area contributed by atoms with Crippen molar-refractivity contribution in [2.24, 2.45) is 0 Å². The monoisotopic (exact) mass is 352 g/mol. The van der Waals surface area contributed by atoms with Crippen LogP contribution in [0.2, 0.25) is 0 Å². The molecule has 2 fully saturated rings. The minimum atomic E-state index is -0.148. The molecule has 4 N–H and O–H groups in total. The normalized spacial score (nSPS) is 19.6. The number of hydrogen-bond donors (Lipinski definition) is 3. The van der Waals surface area contributed by atoms with Crippen molar-refractivity contribution in [3.63, 3.8) is 0 Å². The summed E-state index contributed by atoms with van der Waals surface area (Å²) in [6.45, 7) is 2.32. The zero-order valence-electron chi connectivity index (χ0n) is 14.2. The number of nitrogens with zero attached hydrogens (tertiary/aromatic N) is 1. The molecule has 0 unspecified atom stereocenters. The molecule has 0 aromatic heterocycles. The topological polar surface area (TPSA) is 70.4 Å². The highest BCUT2D eigenvalue weighted by molar-refractivity contribution is 6.05. The standard InChI is InChI=1S/C20H24N4O.CH4/c21-18-3-1-2-4-19(18)23-20(25)14-5-7-15(8-6-14)22-16-11-12-24(13-16)17-9-10-17;/h1-8,16-17,22H,9-13,21H2,(H,23,25);1H4/t16-;/m1./s1. The van der Waals surface area contributed by atoms with Gasteiger partial charge in [0.25, 0.3) is 5.91 Å². The lowest BCUT2D eigenvalue weighted by Gasteiger charge is -2.17. The first-order valence-electron chi connectivity index (χ1n) is 8.95. The highest BCUT2D eigenvalue weighted by Crippen LogP contribution is 2.30. The Balaban J connectivity index is 0.00000196. The zero-order valence-corrected chi connectivity index (χ0v) is 14.2. The van der Waals surface area contributed by atoms with Crippen molar-refractivity contribution < 1.29 is 4.79 Å². The molecule has 0 spiro atoms. The number of likely N-dealkylation sites (tertiary alicyclic amines) is 1. The quantitative estimate of drug-likeness (QED) is 0.716. The third kappa shape index (κ3) is 4.17. The molecule has 2 aromatic rings. The number of carbonyl (C=O) groups excluding carboxylic acids is 1. The van der Waals surface area contributed by atoms with Gasteiger partial charge in [0.15, 0.2) is 0 Å². The molecule has 0 radical (unpaired) electrons. The third-order valence-electron chi connectivity index (χ3n) is 5.01. The van der Waals surface area contributed by atoms with Gasteiger partial charge in [-0.3, -0.25) is 9.69 Å². The van der Waals surface area contributed by atoms with E-state index in [0.29, 0.717) is 23.0 Å². The molecule has 4 rings (SSSR count). The molecular weight excluding hydrogens is 324 g/mol. The lowest BCUT2D eigenvalue weighted by molar-refractivity contribution is 0.102. The van der Waals surface area contributed by atoms with Gasteiger partial charge in [-0.15, -0.1) is 0 Å². The number of anilines is 3. The van der Waals surface area contributed by atoms with Gasteiger partial charge >= 0.3 is 0 Å². The van der Waals surface area contributed by atoms with E-state index in [4.69, 9.17) is 5.73 Å². The molecule has 1 aliphatic carbocycles. The van der Waals surface area contributed by atoms with E-state index >= 15 is 0 Å². The van der Waals surface area contributed by atoms with Gasteiger partial charge in [0.05, 0.1) is 11.4 Å². The minimum absolute atomic E-state index is 0. The van der Waals surface area contributed by atoms with Crippen LogP contribution in [-0.4, -0.2) is 36.0 Å². The van der Waals surface area contributed by atoms with E-state index in [0.717, 1.165) is 18.3 Å². The molecule has 1 heterocycles. The van der Waals surface area contributed by atoms with Crippen LogP contribution in [-0.2, 0) is 0 Å². The molecule has 26 heavy (non-hydrogen) atoms. The Kier molecular flexibility index (Phi) is 5.47. The summed E-state index contributed by atoms with van der Waals surface area (Å²) < 4.78 is 0. The van der Waals surface area contributed by atoms with Gasteiger partial charge in [0.1, 0.15) is 0 Å². The van der Waals surface area contributed by atoms with E-state index in [1.807, 2.05) is 36.4 Å². The Labute approximate surface area is 155 Å². The summed E-state index contributed by atoms with van der Waals surface area (Å²) in [5.74, 6) is -0.148. The first-order valence-corrected chi connectivity index (χ1v) is 8.95. The summed E-state index contributed by atoms with van der Waals surface area (Å²) in [7, 11) is 0. The van der Waals surface area contributed by atoms with Gasteiger partial charge in [-0.25, -0.2) is 0 Å². The van der Waals surface area contributed by atoms with Crippen LogP contribution in [0.1, 0.15) is 37.0 Å². The summed E-state index contributed by atoms with van der Waals surface area (Å²) in [5, 5.41) is 6.44. The average molecular weight is 352 g/mol. The Hall–Kier alpha value is -2.53. The average Bonchev–Trinajstić information content (AvgIpc) is 3.37. The first kappa shape index (κ1) is 18.3. The van der Waals surface area contributed by atoms with E-state index in [-0.39, 0.29) is 13.3 Å². The van der Waals surface area contributed by atoms with Crippen molar-refractivity contribution in [1.82, 2.24) is 4.90 Å². The fraction of sp³-hybridized carbons (Fsp3) is 0.381. The van der Waals surface area contributed by atoms with Crippen LogP contribution in [0.25, 0.3) is 0 Å². The van der Waals surface area contributed by atoms with Crippen molar-refractivity contribution in [3.8, 4) is 0 Å². The van der Waals surface area contributed by atoms with Crippen LogP contribution in [0, 0.1) is 0 Å². The molecule has 1 aliphatic heterocycles. The SMILES string of the molecule is C.Nc1ccccc1NC(=O)c1ccc(N[C@@H]2CCN(C3CC3)C2)cc1. The van der Waals surface area contributed by atoms with Gasteiger partial charge < -0.3 is 16.4 Å². The second-order valence-electron chi connectivity index (χ2n) is 6.97. The van der Waals surface area contributed by atoms with Crippen LogP contribution < -0.4 is 16.4 Å². The van der Waals surface area contributed by atoms with Gasteiger partial charge in [0.2, 0.25) is 0 Å². The number of nitrogen functional groups attached to an aromatic ring is 1. The van der Waals surface area contributed by atoms with Crippen molar-refractivity contribution >= 4 is 23.0 Å². The Morgan fingerprint density at radius 3 is 2.46 bits per heavy atom. The second-order valence-corrected chi connectivity index (χ2v) is 6.97. The summed E-state index contributed by atoms with van der Waals surface area (Å²) in [6, 6.07) is 16.3. The van der Waals surface area contributed by atoms with E-state index in [2.05, 4.69) is 15.5 Å². The van der Waals surface area contributed by atoms with E-state index in [1.54, 1.807) is 12.1 Å². The number of benzene rings is 2. The number of carbonyl (C=O) groups is 1. The number of nitrogens with two attached hydrogens (primary N) is 1. The molecular formula is C21H28N4O. The first-order chi connectivity index (χ1) is 12.2. The third-order valence-corrected chi connectivity index (χ3v) is 5.01. The molecule has 1 saturated carbocycles. The van der Waals surface area contributed by atoms with Gasteiger partial charge in [-0.05, 0) is 55.7 Å². The number of rotatable bonds is 5. The van der Waals surface area contributed by atoms with Crippen molar-refractivity contribution in [2.45, 2.75) is 38.8 Å². The number of nitrogens with one attached hydrogen (secondary N) is 2. The van der Waals surface area contributed by atoms with Crippen LogP contribution in [0.5, 0.6) is 0 Å². The summed E-state index contributed by atoms with van der Waals surface area (Å²) in [4.78, 5) is 14.9. The van der Waals surface area contributed by atoms with E-state index in [1.165, 1.54) is 25.8 Å². The predicted molar refractivity (Wildman–Crippen MR) is 109 cm³/mol. The lowest BCUT2D eigenvalue weighted by Crippen LogP contribution is -2.27. The maximum Gasteiger partial charge on any atom is 0.255 e. The summed E-state index contributed by atoms with van der Waals surface area (Å²) in [6.07, 6.45) is 3.91. The van der Waals surface area contributed by atoms with Crippen LogP contribution in [0.4, 0.5) is 17.1 Å². The number of hydrogen-bond acceptors (Lipinski definition) is 4. The second kappa shape index (κ2) is 7.79. The number of amides is 1. The Morgan fingerprint density at radius 2 is 1.77 bits per heavy atom. The fourth-order valence-corrected chi connectivity index (χ4v) is 3.44. The van der Waals surface area contributed by atoms with Crippen molar-refractivity contribution in [1.29, 1.82) is 0 Å². The highest BCUT2D eigenvalue weighted by atomic mass is 16.1. The zero-order chi connectivity index (χ0) is 17.2. The molecule has 1 saturated heterocycles.